The molecule has 2 aromatic rings. The van der Waals surface area contributed by atoms with E-state index in [-0.39, 0.29) is 18.4 Å². The third kappa shape index (κ3) is 5.19. The second kappa shape index (κ2) is 9.69. The summed E-state index contributed by atoms with van der Waals surface area (Å²) in [6.07, 6.45) is 3.20. The molecule has 0 bridgehead atoms. The molecule has 0 saturated carbocycles. The number of nitrogens with one attached hydrogen (secondary N) is 1. The molecule has 28 heavy (non-hydrogen) atoms. The number of hydrogen-bond acceptors (Lipinski definition) is 4. The number of piperidine rings is 1. The van der Waals surface area contributed by atoms with Crippen LogP contribution in [0.25, 0.3) is 0 Å². The summed E-state index contributed by atoms with van der Waals surface area (Å²) >= 11 is 0. The van der Waals surface area contributed by atoms with Crippen LogP contribution >= 0.6 is 0 Å². The molecule has 0 radical (unpaired) electrons. The highest BCUT2D eigenvalue weighted by Gasteiger charge is 2.21. The van der Waals surface area contributed by atoms with Gasteiger partial charge in [0.25, 0.3) is 11.8 Å². The molecule has 1 aliphatic rings. The highest BCUT2D eigenvalue weighted by atomic mass is 16.6. The van der Waals surface area contributed by atoms with Crippen LogP contribution in [-0.2, 0) is 9.63 Å². The van der Waals surface area contributed by atoms with Crippen molar-refractivity contribution in [1.29, 1.82) is 0 Å². The standard InChI is InChI=1S/C22H25N3O3/c1-17(18-10-4-2-5-11-18)24-28-16-21(26)23-20-13-7-6-12-19(20)22(27)25-14-8-3-9-15-25/h2,4-7,10-13H,3,8-9,14-16H2,1H3,(H,23,26). The van der Waals surface area contributed by atoms with E-state index in [4.69, 9.17) is 4.84 Å². The second-order valence-corrected chi connectivity index (χ2v) is 6.76. The summed E-state index contributed by atoms with van der Waals surface area (Å²) in [4.78, 5) is 32.1. The zero-order valence-corrected chi connectivity index (χ0v) is 16.1. The van der Waals surface area contributed by atoms with E-state index in [0.29, 0.717) is 17.0 Å². The molecule has 1 fully saturated rings. The van der Waals surface area contributed by atoms with Gasteiger partial charge in [-0.15, -0.1) is 0 Å². The zero-order chi connectivity index (χ0) is 19.8. The molecule has 6 heteroatoms. The first kappa shape index (κ1) is 19.6. The molecule has 3 rings (SSSR count). The predicted molar refractivity (Wildman–Crippen MR) is 109 cm³/mol. The first-order valence-electron chi connectivity index (χ1n) is 9.55. The Morgan fingerprint density at radius 3 is 2.43 bits per heavy atom. The Kier molecular flexibility index (Phi) is 6.78. The molecule has 2 aromatic carbocycles. The van der Waals surface area contributed by atoms with E-state index < -0.39 is 0 Å². The van der Waals surface area contributed by atoms with Crippen molar-refractivity contribution >= 4 is 23.2 Å². The molecule has 1 N–H and O–H groups in total. The first-order valence-corrected chi connectivity index (χ1v) is 9.55. The maximum Gasteiger partial charge on any atom is 0.265 e. The molecule has 0 aliphatic carbocycles. The number of hydrogen-bond donors (Lipinski definition) is 1. The summed E-state index contributed by atoms with van der Waals surface area (Å²) < 4.78 is 0. The maximum atomic E-state index is 12.8. The lowest BCUT2D eigenvalue weighted by Crippen LogP contribution is -2.36. The van der Waals surface area contributed by atoms with Gasteiger partial charge in [-0.3, -0.25) is 9.59 Å². The summed E-state index contributed by atoms with van der Waals surface area (Å²) in [6, 6.07) is 16.7. The van der Waals surface area contributed by atoms with Gasteiger partial charge in [0.15, 0.2) is 6.61 Å². The number of carbonyl (C=O) groups excluding carboxylic acids is 2. The fraction of sp³-hybridized carbons (Fsp3) is 0.318. The first-order chi connectivity index (χ1) is 13.6. The number of likely N-dealkylation sites (tertiary alicyclic amines) is 1. The van der Waals surface area contributed by atoms with Crippen LogP contribution < -0.4 is 5.32 Å². The lowest BCUT2D eigenvalue weighted by molar-refractivity contribution is -0.120. The third-order valence-corrected chi connectivity index (χ3v) is 4.66. The van der Waals surface area contributed by atoms with Crippen molar-refractivity contribution in [2.75, 3.05) is 25.0 Å². The Labute approximate surface area is 165 Å². The van der Waals surface area contributed by atoms with Gasteiger partial charge < -0.3 is 15.1 Å². The number of anilines is 1. The van der Waals surface area contributed by atoms with Crippen LogP contribution in [0.4, 0.5) is 5.69 Å². The number of para-hydroxylation sites is 1. The van der Waals surface area contributed by atoms with Crippen molar-refractivity contribution in [3.8, 4) is 0 Å². The van der Waals surface area contributed by atoms with Gasteiger partial charge in [0.1, 0.15) is 0 Å². The predicted octanol–water partition coefficient (Wildman–Crippen LogP) is 3.69. The average Bonchev–Trinajstić information content (AvgIpc) is 2.75. The normalized spacial score (nSPS) is 14.5. The second-order valence-electron chi connectivity index (χ2n) is 6.76. The minimum atomic E-state index is -0.358. The van der Waals surface area contributed by atoms with E-state index in [1.54, 1.807) is 24.3 Å². The Bertz CT molecular complexity index is 843. The summed E-state index contributed by atoms with van der Waals surface area (Å²) in [5.74, 6) is -0.405. The van der Waals surface area contributed by atoms with E-state index in [1.165, 1.54) is 0 Å². The van der Waals surface area contributed by atoms with Crippen molar-refractivity contribution < 1.29 is 14.4 Å². The van der Waals surface area contributed by atoms with Gasteiger partial charge in [0.2, 0.25) is 0 Å². The van der Waals surface area contributed by atoms with E-state index >= 15 is 0 Å². The number of rotatable bonds is 6. The summed E-state index contributed by atoms with van der Waals surface area (Å²) in [5.41, 5.74) is 2.62. The van der Waals surface area contributed by atoms with E-state index in [0.717, 1.165) is 37.9 Å². The quantitative estimate of drug-likeness (QED) is 0.615. The van der Waals surface area contributed by atoms with Crippen LogP contribution in [0.3, 0.4) is 0 Å². The molecular weight excluding hydrogens is 354 g/mol. The van der Waals surface area contributed by atoms with Gasteiger partial charge >= 0.3 is 0 Å². The Morgan fingerprint density at radius 2 is 1.68 bits per heavy atom. The van der Waals surface area contributed by atoms with Crippen LogP contribution in [0.1, 0.15) is 42.1 Å². The SMILES string of the molecule is CC(=NOCC(=O)Nc1ccccc1C(=O)N1CCCCC1)c1ccccc1. The molecule has 6 nitrogen and oxygen atoms in total. The van der Waals surface area contributed by atoms with Gasteiger partial charge in [-0.2, -0.15) is 0 Å². The number of carbonyl (C=O) groups is 2. The van der Waals surface area contributed by atoms with E-state index in [1.807, 2.05) is 42.2 Å². The zero-order valence-electron chi connectivity index (χ0n) is 16.1. The Hall–Kier alpha value is -3.15. The Morgan fingerprint density at radius 1 is 1.00 bits per heavy atom. The molecule has 2 amide bonds. The van der Waals surface area contributed by atoms with Crippen molar-refractivity contribution in [2.45, 2.75) is 26.2 Å². The molecule has 0 spiro atoms. The van der Waals surface area contributed by atoms with Gasteiger partial charge in [0, 0.05) is 13.1 Å². The number of amides is 2. The topological polar surface area (TPSA) is 71.0 Å². The molecule has 0 unspecified atom stereocenters. The monoisotopic (exact) mass is 379 g/mol. The fourth-order valence-electron chi connectivity index (χ4n) is 3.15. The fourth-order valence-corrected chi connectivity index (χ4v) is 3.15. The van der Waals surface area contributed by atoms with Crippen LogP contribution in [0.2, 0.25) is 0 Å². The smallest absolute Gasteiger partial charge is 0.265 e. The molecule has 0 aromatic heterocycles. The van der Waals surface area contributed by atoms with Crippen LogP contribution in [0.5, 0.6) is 0 Å². The lowest BCUT2D eigenvalue weighted by atomic mass is 10.1. The number of nitrogens with zero attached hydrogens (tertiary/aromatic N) is 2. The number of benzene rings is 2. The largest absolute Gasteiger partial charge is 0.385 e. The van der Waals surface area contributed by atoms with E-state index in [9.17, 15) is 9.59 Å². The molecular formula is C22H25N3O3. The summed E-state index contributed by atoms with van der Waals surface area (Å²) in [7, 11) is 0. The summed E-state index contributed by atoms with van der Waals surface area (Å²) in [5, 5.41) is 6.75. The molecule has 146 valence electrons. The van der Waals surface area contributed by atoms with Crippen molar-refractivity contribution in [3.63, 3.8) is 0 Å². The van der Waals surface area contributed by atoms with Crippen molar-refractivity contribution in [3.05, 3.63) is 65.7 Å². The van der Waals surface area contributed by atoms with Crippen molar-refractivity contribution in [1.82, 2.24) is 4.90 Å². The van der Waals surface area contributed by atoms with Gasteiger partial charge in [-0.05, 0) is 43.9 Å². The minimum Gasteiger partial charge on any atom is -0.385 e. The summed E-state index contributed by atoms with van der Waals surface area (Å²) in [6.45, 7) is 3.12. The van der Waals surface area contributed by atoms with Gasteiger partial charge in [0.05, 0.1) is 17.0 Å². The van der Waals surface area contributed by atoms with Crippen LogP contribution in [0.15, 0.2) is 59.8 Å². The van der Waals surface area contributed by atoms with E-state index in [2.05, 4.69) is 10.5 Å². The molecule has 0 atom stereocenters. The van der Waals surface area contributed by atoms with Crippen LogP contribution in [0, 0.1) is 0 Å². The third-order valence-electron chi connectivity index (χ3n) is 4.66. The Balaban J connectivity index is 1.59. The van der Waals surface area contributed by atoms with Crippen LogP contribution in [-0.4, -0.2) is 42.1 Å². The average molecular weight is 379 g/mol. The maximum absolute atomic E-state index is 12.8. The molecule has 1 saturated heterocycles. The van der Waals surface area contributed by atoms with Crippen molar-refractivity contribution in [2.24, 2.45) is 5.16 Å². The molecule has 1 aliphatic heterocycles. The number of oxime groups is 1. The lowest BCUT2D eigenvalue weighted by Gasteiger charge is -2.27. The highest BCUT2D eigenvalue weighted by Crippen LogP contribution is 2.20. The minimum absolute atomic E-state index is 0.0468. The van der Waals surface area contributed by atoms with Gasteiger partial charge in [-0.25, -0.2) is 0 Å². The van der Waals surface area contributed by atoms with Gasteiger partial charge in [-0.1, -0.05) is 47.6 Å². The molecule has 1 heterocycles. The highest BCUT2D eigenvalue weighted by molar-refractivity contribution is 6.04.